The number of carbonyl (C=O) groups is 8. The summed E-state index contributed by atoms with van der Waals surface area (Å²) >= 11 is 0. The van der Waals surface area contributed by atoms with Gasteiger partial charge >= 0.3 is 66.9 Å². The SMILES string of the molecule is O=C(O)C(=O)F.O=C(O)C(=O)F.O=C(O)C(=O)F.O=C(O)C(=O)F.O=P([O-])(O)O.[Li+]. The van der Waals surface area contributed by atoms with E-state index in [4.69, 9.17) is 78.0 Å². The molecule has 0 heterocycles. The van der Waals surface area contributed by atoms with Crippen molar-refractivity contribution >= 4 is 55.8 Å². The fourth-order valence-electron chi connectivity index (χ4n) is 0. The molecule has 0 aromatic heterocycles. The molecule has 168 valence electrons. The molecule has 0 radical (unpaired) electrons. The van der Waals surface area contributed by atoms with E-state index in [0.717, 1.165) is 0 Å². The van der Waals surface area contributed by atoms with Crippen molar-refractivity contribution in [3.63, 3.8) is 0 Å². The van der Waals surface area contributed by atoms with Crippen LogP contribution < -0.4 is 23.8 Å². The summed E-state index contributed by atoms with van der Waals surface area (Å²) in [6, 6.07) is -9.30. The minimum absolute atomic E-state index is 0. The smallest absolute Gasteiger partial charge is 0.756 e. The molecule has 0 aliphatic heterocycles. The second-order valence-electron chi connectivity index (χ2n) is 2.81. The Bertz CT molecular complexity index is 534. The number of rotatable bonds is 4. The predicted octanol–water partition coefficient (Wildman–Crippen LogP) is -6.29. The van der Waals surface area contributed by atoms with Gasteiger partial charge in [0.15, 0.2) is 0 Å². The minimum Gasteiger partial charge on any atom is -0.756 e. The normalized spacial score (nSPS) is 7.97. The Morgan fingerprint density at radius 3 is 0.567 bits per heavy atom. The van der Waals surface area contributed by atoms with Gasteiger partial charge < -0.3 is 35.1 Å². The Kier molecular flexibility index (Phi) is 30.7. The largest absolute Gasteiger partial charge is 1.00 e. The maximum Gasteiger partial charge on any atom is 1.00 e. The first kappa shape index (κ1) is 41.4. The Hall–Kier alpha value is -3.01. The van der Waals surface area contributed by atoms with E-state index in [2.05, 4.69) is 0 Å². The predicted molar refractivity (Wildman–Crippen MR) is 67.0 cm³/mol. The third kappa shape index (κ3) is 85.2. The molecule has 16 nitrogen and oxygen atoms in total. The molecule has 0 fully saturated rings. The summed E-state index contributed by atoms with van der Waals surface area (Å²) in [7, 11) is -4.89. The van der Waals surface area contributed by atoms with Gasteiger partial charge in [-0.15, -0.1) is 0 Å². The van der Waals surface area contributed by atoms with Crippen LogP contribution in [0.15, 0.2) is 0 Å². The molecule has 0 atom stereocenters. The fourth-order valence-corrected chi connectivity index (χ4v) is 0. The second kappa shape index (κ2) is 22.3. The number of carboxylic acid groups (broad SMARTS) is 4. The number of halogens is 4. The van der Waals surface area contributed by atoms with E-state index in [0.29, 0.717) is 0 Å². The summed E-state index contributed by atoms with van der Waals surface area (Å²) in [6.45, 7) is 0. The Balaban J connectivity index is -0.0000000596. The van der Waals surface area contributed by atoms with Crippen LogP contribution in [0.2, 0.25) is 0 Å². The van der Waals surface area contributed by atoms with Crippen molar-refractivity contribution in [2.24, 2.45) is 0 Å². The number of hydrogen-bond acceptors (Lipinski definition) is 10. The maximum atomic E-state index is 10.6. The molecule has 0 amide bonds. The number of aliphatic carboxylic acids is 4. The molecule has 22 heteroatoms. The zero-order valence-electron chi connectivity index (χ0n) is 13.7. The minimum atomic E-state index is -4.89. The molecule has 6 N–H and O–H groups in total. The molecule has 0 aliphatic rings. The first-order valence-electron chi connectivity index (χ1n) is 5.05. The van der Waals surface area contributed by atoms with Crippen LogP contribution in [0.5, 0.6) is 0 Å². The van der Waals surface area contributed by atoms with Crippen LogP contribution in [0.3, 0.4) is 0 Å². The monoisotopic (exact) mass is 472 g/mol. The Morgan fingerprint density at radius 2 is 0.567 bits per heavy atom. The summed E-state index contributed by atoms with van der Waals surface area (Å²) in [6.07, 6.45) is 0. The maximum absolute atomic E-state index is 10.6. The fraction of sp³-hybridized carbons (Fsp3) is 0. The summed E-state index contributed by atoms with van der Waals surface area (Å²) in [5, 5.41) is 29.1. The molecule has 0 aliphatic carbocycles. The summed E-state index contributed by atoms with van der Waals surface area (Å²) < 4.78 is 51.1. The molecule has 0 aromatic rings. The number of carboxylic acids is 4. The van der Waals surface area contributed by atoms with Gasteiger partial charge in [0.25, 0.3) is 7.82 Å². The third-order valence-electron chi connectivity index (χ3n) is 0.673. The van der Waals surface area contributed by atoms with E-state index in [1.165, 1.54) is 0 Å². The van der Waals surface area contributed by atoms with Gasteiger partial charge in [0.1, 0.15) is 0 Å². The van der Waals surface area contributed by atoms with Gasteiger partial charge in [-0.2, -0.15) is 17.6 Å². The average molecular weight is 472 g/mol. The molecule has 0 bridgehead atoms. The average Bonchev–Trinajstić information content (AvgIpc) is 2.46. The quantitative estimate of drug-likeness (QED) is 0.0729. The van der Waals surface area contributed by atoms with Gasteiger partial charge in [-0.05, 0) is 0 Å². The van der Waals surface area contributed by atoms with Gasteiger partial charge in [-0.3, -0.25) is 4.57 Å². The Morgan fingerprint density at radius 1 is 0.533 bits per heavy atom. The van der Waals surface area contributed by atoms with E-state index in [-0.39, 0.29) is 18.9 Å². The van der Waals surface area contributed by atoms with Crippen molar-refractivity contribution < 1.29 is 114 Å². The van der Waals surface area contributed by atoms with Gasteiger partial charge in [0.05, 0.1) is 0 Å². The van der Waals surface area contributed by atoms with Crippen LogP contribution >= 0.6 is 7.82 Å². The van der Waals surface area contributed by atoms with E-state index in [9.17, 15) is 17.6 Å². The van der Waals surface area contributed by atoms with Crippen molar-refractivity contribution in [3.05, 3.63) is 0 Å². The summed E-state index contributed by atoms with van der Waals surface area (Å²) in [5.74, 6) is -8.19. The number of phosphoric acid groups is 1. The molecule has 30 heavy (non-hydrogen) atoms. The van der Waals surface area contributed by atoms with Crippen molar-refractivity contribution in [3.8, 4) is 0 Å². The van der Waals surface area contributed by atoms with Crippen LogP contribution in [0.4, 0.5) is 17.6 Å². The van der Waals surface area contributed by atoms with Crippen molar-refractivity contribution in [1.29, 1.82) is 0 Å². The van der Waals surface area contributed by atoms with Gasteiger partial charge in [0, 0.05) is 0 Å². The van der Waals surface area contributed by atoms with Crippen molar-refractivity contribution in [1.82, 2.24) is 0 Å². The van der Waals surface area contributed by atoms with E-state index in [1.54, 1.807) is 0 Å². The van der Waals surface area contributed by atoms with Crippen molar-refractivity contribution in [2.75, 3.05) is 0 Å². The molecule has 0 rings (SSSR count). The van der Waals surface area contributed by atoms with Gasteiger partial charge in [0.2, 0.25) is 0 Å². The first-order chi connectivity index (χ1) is 12.6. The number of hydrogen-bond donors (Lipinski definition) is 6. The van der Waals surface area contributed by atoms with E-state index in [1.807, 2.05) is 0 Å². The summed E-state index contributed by atoms with van der Waals surface area (Å²) in [5.41, 5.74) is 0. The van der Waals surface area contributed by atoms with E-state index >= 15 is 0 Å². The van der Waals surface area contributed by atoms with Crippen LogP contribution in [-0.2, 0) is 42.9 Å². The molecule has 0 saturated carbocycles. The molecular weight excluding hydrogens is 466 g/mol. The summed E-state index contributed by atoms with van der Waals surface area (Å²) in [4.78, 5) is 94.3. The molecule has 0 unspecified atom stereocenters. The van der Waals surface area contributed by atoms with Gasteiger partial charge in [-0.25, -0.2) is 38.4 Å². The van der Waals surface area contributed by atoms with E-state index < -0.39 is 55.8 Å². The van der Waals surface area contributed by atoms with Crippen LogP contribution in [0, 0.1) is 0 Å². The molecule has 0 aromatic carbocycles. The second-order valence-corrected chi connectivity index (χ2v) is 3.79. The zero-order valence-corrected chi connectivity index (χ0v) is 14.6. The Labute approximate surface area is 171 Å². The standard InChI is InChI=1S/4C2HFO3.Li.H3O4P/c4*3-1(4)2(5)6;;1-5(2,3)4/h4*(H,5,6);;(H3,1,2,3,4)/q;;;;+1;/p-1. The van der Waals surface area contributed by atoms with Crippen LogP contribution in [0.1, 0.15) is 0 Å². The third-order valence-corrected chi connectivity index (χ3v) is 0.673. The van der Waals surface area contributed by atoms with Crippen molar-refractivity contribution in [2.45, 2.75) is 0 Å². The first-order valence-corrected chi connectivity index (χ1v) is 6.58. The number of carbonyl (C=O) groups excluding carboxylic acids is 4. The molecule has 0 saturated heterocycles. The zero-order chi connectivity index (χ0) is 25.1. The van der Waals surface area contributed by atoms with Crippen LogP contribution in [-0.4, -0.2) is 78.2 Å². The van der Waals surface area contributed by atoms with Crippen LogP contribution in [0.25, 0.3) is 0 Å². The molecule has 0 spiro atoms. The molecular formula is C8H6F4LiO16P. The topological polar surface area (TPSA) is 298 Å². The van der Waals surface area contributed by atoms with Gasteiger partial charge in [-0.1, -0.05) is 0 Å².